The molecule has 0 heterocycles. The molecule has 0 saturated heterocycles. The van der Waals surface area contributed by atoms with E-state index >= 15 is 0 Å². The molecule has 17 heavy (non-hydrogen) atoms. The summed E-state index contributed by atoms with van der Waals surface area (Å²) in [6, 6.07) is 10.2. The normalized spacial score (nSPS) is 12.2. The van der Waals surface area contributed by atoms with Crippen molar-refractivity contribution in [2.75, 3.05) is 27.2 Å². The van der Waals surface area contributed by atoms with Gasteiger partial charge in [-0.15, -0.1) is 0 Å². The summed E-state index contributed by atoms with van der Waals surface area (Å²) < 4.78 is 0. The number of carbonyl (C=O) groups is 1. The van der Waals surface area contributed by atoms with E-state index in [2.05, 4.69) is 24.4 Å². The molecule has 0 spiro atoms. The number of benzene rings is 1. The lowest BCUT2D eigenvalue weighted by Gasteiger charge is -2.19. The fourth-order valence-corrected chi connectivity index (χ4v) is 1.72. The van der Waals surface area contributed by atoms with Crippen molar-refractivity contribution in [3.63, 3.8) is 0 Å². The number of amides is 1. The molecule has 1 unspecified atom stereocenters. The Kier molecular flexibility index (Phi) is 5.70. The quantitative estimate of drug-likeness (QED) is 0.815. The average Bonchev–Trinajstić information content (AvgIpc) is 2.36. The van der Waals surface area contributed by atoms with Crippen LogP contribution in [-0.2, 0) is 4.79 Å². The third kappa shape index (κ3) is 4.57. The highest BCUT2D eigenvalue weighted by atomic mass is 16.2. The first-order valence-electron chi connectivity index (χ1n) is 6.08. The van der Waals surface area contributed by atoms with Gasteiger partial charge in [-0.25, -0.2) is 0 Å². The van der Waals surface area contributed by atoms with E-state index < -0.39 is 0 Å². The maximum absolute atomic E-state index is 11.9. The molecule has 3 heteroatoms. The molecule has 0 fully saturated rings. The predicted molar refractivity (Wildman–Crippen MR) is 71.0 cm³/mol. The molecule has 1 aromatic rings. The first-order valence-corrected chi connectivity index (χ1v) is 6.08. The van der Waals surface area contributed by atoms with Crippen LogP contribution in [0.4, 0.5) is 0 Å². The Hall–Kier alpha value is -1.35. The minimum atomic E-state index is 0.205. The van der Waals surface area contributed by atoms with E-state index in [1.807, 2.05) is 32.3 Å². The maximum atomic E-state index is 11.9. The zero-order valence-electron chi connectivity index (χ0n) is 10.9. The third-order valence-electron chi connectivity index (χ3n) is 2.97. The number of nitrogens with zero attached hydrogens (tertiary/aromatic N) is 1. The van der Waals surface area contributed by atoms with Crippen molar-refractivity contribution in [2.24, 2.45) is 0 Å². The van der Waals surface area contributed by atoms with E-state index in [9.17, 15) is 4.79 Å². The lowest BCUT2D eigenvalue weighted by atomic mass is 9.97. The highest BCUT2D eigenvalue weighted by molar-refractivity contribution is 5.76. The summed E-state index contributed by atoms with van der Waals surface area (Å²) in [4.78, 5) is 13.7. The molecule has 1 amide bonds. The molecule has 0 bridgehead atoms. The number of carbonyl (C=O) groups excluding carboxylic acids is 1. The molecule has 94 valence electrons. The smallest absolute Gasteiger partial charge is 0.222 e. The van der Waals surface area contributed by atoms with Gasteiger partial charge >= 0.3 is 0 Å². The summed E-state index contributed by atoms with van der Waals surface area (Å²) in [5, 5.41) is 3.04. The monoisotopic (exact) mass is 234 g/mol. The van der Waals surface area contributed by atoms with Crippen LogP contribution in [0, 0.1) is 0 Å². The Balaban J connectivity index is 2.46. The Labute approximate surface area is 104 Å². The molecule has 0 aromatic heterocycles. The molecule has 1 rings (SSSR count). The van der Waals surface area contributed by atoms with Gasteiger partial charge in [-0.05, 0) is 18.5 Å². The predicted octanol–water partition coefficient (Wildman–Crippen LogP) is 1.86. The summed E-state index contributed by atoms with van der Waals surface area (Å²) in [5.74, 6) is 0.484. The van der Waals surface area contributed by atoms with E-state index in [1.54, 1.807) is 4.90 Å². The molecule has 0 radical (unpaired) electrons. The topological polar surface area (TPSA) is 32.3 Å². The van der Waals surface area contributed by atoms with Gasteiger partial charge in [0, 0.05) is 26.6 Å². The van der Waals surface area contributed by atoms with Gasteiger partial charge < -0.3 is 10.2 Å². The summed E-state index contributed by atoms with van der Waals surface area (Å²) in [6.45, 7) is 3.69. The average molecular weight is 234 g/mol. The van der Waals surface area contributed by atoms with Crippen LogP contribution in [0.15, 0.2) is 30.3 Å². The van der Waals surface area contributed by atoms with Crippen LogP contribution in [0.5, 0.6) is 0 Å². The van der Waals surface area contributed by atoms with Crippen LogP contribution in [0.1, 0.15) is 24.8 Å². The van der Waals surface area contributed by atoms with Crippen molar-refractivity contribution in [3.05, 3.63) is 35.9 Å². The number of nitrogens with one attached hydrogen (secondary N) is 1. The second-order valence-corrected chi connectivity index (χ2v) is 4.43. The first kappa shape index (κ1) is 13.7. The summed E-state index contributed by atoms with van der Waals surface area (Å²) >= 11 is 0. The minimum Gasteiger partial charge on any atom is -0.344 e. The molecule has 0 aliphatic heterocycles. The second-order valence-electron chi connectivity index (χ2n) is 4.43. The van der Waals surface area contributed by atoms with E-state index in [0.717, 1.165) is 13.1 Å². The van der Waals surface area contributed by atoms with Crippen LogP contribution in [-0.4, -0.2) is 38.0 Å². The molecule has 3 nitrogen and oxygen atoms in total. The Morgan fingerprint density at radius 1 is 1.35 bits per heavy atom. The second kappa shape index (κ2) is 7.07. The van der Waals surface area contributed by atoms with Crippen LogP contribution >= 0.6 is 0 Å². The van der Waals surface area contributed by atoms with Crippen LogP contribution in [0.25, 0.3) is 0 Å². The van der Waals surface area contributed by atoms with Crippen molar-refractivity contribution in [2.45, 2.75) is 19.3 Å². The highest BCUT2D eigenvalue weighted by Crippen LogP contribution is 2.18. The van der Waals surface area contributed by atoms with Crippen molar-refractivity contribution in [1.82, 2.24) is 10.2 Å². The lowest BCUT2D eigenvalue weighted by molar-refractivity contribution is -0.130. The van der Waals surface area contributed by atoms with Gasteiger partial charge in [-0.1, -0.05) is 37.3 Å². The van der Waals surface area contributed by atoms with Gasteiger partial charge in [0.2, 0.25) is 5.91 Å². The lowest BCUT2D eigenvalue weighted by Crippen LogP contribution is -2.33. The SMILES string of the molecule is CNCCN(C)C(=O)CC(C)c1ccccc1. The van der Waals surface area contributed by atoms with Crippen LogP contribution in [0.3, 0.4) is 0 Å². The van der Waals surface area contributed by atoms with Gasteiger partial charge in [0.05, 0.1) is 0 Å². The third-order valence-corrected chi connectivity index (χ3v) is 2.97. The number of rotatable bonds is 6. The summed E-state index contributed by atoms with van der Waals surface area (Å²) in [6.07, 6.45) is 0.574. The van der Waals surface area contributed by atoms with Crippen molar-refractivity contribution in [3.8, 4) is 0 Å². The first-order chi connectivity index (χ1) is 8.15. The maximum Gasteiger partial charge on any atom is 0.222 e. The molecule has 0 aliphatic rings. The Morgan fingerprint density at radius 2 is 2.00 bits per heavy atom. The van der Waals surface area contributed by atoms with Crippen molar-refractivity contribution in [1.29, 1.82) is 0 Å². The standard InChI is InChI=1S/C14H22N2O/c1-12(13-7-5-4-6-8-13)11-14(17)16(3)10-9-15-2/h4-8,12,15H,9-11H2,1-3H3. The fourth-order valence-electron chi connectivity index (χ4n) is 1.72. The summed E-state index contributed by atoms with van der Waals surface area (Å²) in [7, 11) is 3.75. The molecule has 1 atom stereocenters. The molecule has 1 N–H and O–H groups in total. The number of likely N-dealkylation sites (N-methyl/N-ethyl adjacent to an activating group) is 2. The van der Waals surface area contributed by atoms with Crippen LogP contribution < -0.4 is 5.32 Å². The van der Waals surface area contributed by atoms with Crippen molar-refractivity contribution >= 4 is 5.91 Å². The molecule has 1 aromatic carbocycles. The molecule has 0 aliphatic carbocycles. The molecule has 0 saturated carbocycles. The van der Waals surface area contributed by atoms with Gasteiger partial charge in [0.25, 0.3) is 0 Å². The van der Waals surface area contributed by atoms with E-state index in [1.165, 1.54) is 5.56 Å². The van der Waals surface area contributed by atoms with Crippen molar-refractivity contribution < 1.29 is 4.79 Å². The summed E-state index contributed by atoms with van der Waals surface area (Å²) in [5.41, 5.74) is 1.22. The highest BCUT2D eigenvalue weighted by Gasteiger charge is 2.14. The Morgan fingerprint density at radius 3 is 2.59 bits per heavy atom. The van der Waals surface area contributed by atoms with Crippen LogP contribution in [0.2, 0.25) is 0 Å². The number of hydrogen-bond donors (Lipinski definition) is 1. The van der Waals surface area contributed by atoms with Gasteiger partial charge in [-0.2, -0.15) is 0 Å². The number of hydrogen-bond acceptors (Lipinski definition) is 2. The van der Waals surface area contributed by atoms with Gasteiger partial charge in [0.15, 0.2) is 0 Å². The zero-order valence-corrected chi connectivity index (χ0v) is 10.9. The fraction of sp³-hybridized carbons (Fsp3) is 0.500. The minimum absolute atomic E-state index is 0.205. The Bertz CT molecular complexity index is 337. The molecular weight excluding hydrogens is 212 g/mol. The van der Waals surface area contributed by atoms with E-state index in [4.69, 9.17) is 0 Å². The zero-order chi connectivity index (χ0) is 12.7. The largest absolute Gasteiger partial charge is 0.344 e. The van der Waals surface area contributed by atoms with E-state index in [0.29, 0.717) is 6.42 Å². The van der Waals surface area contributed by atoms with Gasteiger partial charge in [-0.3, -0.25) is 4.79 Å². The molecular formula is C14H22N2O. The van der Waals surface area contributed by atoms with E-state index in [-0.39, 0.29) is 11.8 Å². The van der Waals surface area contributed by atoms with Gasteiger partial charge in [0.1, 0.15) is 0 Å².